The summed E-state index contributed by atoms with van der Waals surface area (Å²) in [6.45, 7) is 5.30. The van der Waals surface area contributed by atoms with E-state index in [9.17, 15) is 4.39 Å². The van der Waals surface area contributed by atoms with E-state index in [-0.39, 0.29) is 5.83 Å². The van der Waals surface area contributed by atoms with Crippen LogP contribution in [0, 0.1) is 0 Å². The van der Waals surface area contributed by atoms with Crippen LogP contribution in [0.1, 0.15) is 6.92 Å². The van der Waals surface area contributed by atoms with Crippen LogP contribution in [-0.4, -0.2) is 12.8 Å². The van der Waals surface area contributed by atoms with Crippen molar-refractivity contribution in [2.75, 3.05) is 12.8 Å². The number of allylic oxidation sites excluding steroid dienone is 2. The minimum Gasteiger partial charge on any atom is -0.381 e. The summed E-state index contributed by atoms with van der Waals surface area (Å²) >= 11 is 1.43. The Balaban J connectivity index is 4.13. The molecule has 0 bridgehead atoms. The Morgan fingerprint density at radius 1 is 1.80 bits per heavy atom. The van der Waals surface area contributed by atoms with E-state index in [1.165, 1.54) is 17.8 Å². The maximum atomic E-state index is 12.7. The summed E-state index contributed by atoms with van der Waals surface area (Å²) in [7, 11) is 1.70. The smallest absolute Gasteiger partial charge is 0.152 e. The third kappa shape index (κ3) is 2.92. The molecule has 0 aromatic heterocycles. The van der Waals surface area contributed by atoms with Crippen molar-refractivity contribution in [3.8, 4) is 0 Å². The Labute approximate surface area is 65.4 Å². The predicted octanol–water partition coefficient (Wildman–Crippen LogP) is 2.28. The fraction of sp³-hybridized carbons (Fsp3) is 0.429. The molecule has 0 spiro atoms. The number of rotatable bonds is 4. The van der Waals surface area contributed by atoms with Gasteiger partial charge in [0.05, 0.1) is 0 Å². The highest BCUT2D eigenvalue weighted by Crippen LogP contribution is 2.17. The number of halogens is 1. The molecule has 10 heavy (non-hydrogen) atoms. The van der Waals surface area contributed by atoms with E-state index in [4.69, 9.17) is 0 Å². The van der Waals surface area contributed by atoms with Crippen LogP contribution in [0.15, 0.2) is 23.5 Å². The average molecular weight is 161 g/mol. The predicted molar refractivity (Wildman–Crippen MR) is 45.5 cm³/mol. The number of nitrogens with one attached hydrogen (secondary N) is 1. The summed E-state index contributed by atoms with van der Waals surface area (Å²) in [6, 6.07) is 0. The van der Waals surface area contributed by atoms with Gasteiger partial charge in [-0.15, -0.1) is 11.8 Å². The van der Waals surface area contributed by atoms with Crippen LogP contribution in [0.5, 0.6) is 0 Å². The molecular formula is C7H12FNS. The molecule has 0 atom stereocenters. The fourth-order valence-corrected chi connectivity index (χ4v) is 1.15. The third-order valence-corrected chi connectivity index (χ3v) is 1.89. The lowest BCUT2D eigenvalue weighted by atomic mass is 10.5. The fourth-order valence-electron chi connectivity index (χ4n) is 0.498. The first-order valence-corrected chi connectivity index (χ1v) is 4.07. The molecule has 0 aliphatic heterocycles. The van der Waals surface area contributed by atoms with Gasteiger partial charge < -0.3 is 5.32 Å². The van der Waals surface area contributed by atoms with E-state index in [2.05, 4.69) is 11.9 Å². The summed E-state index contributed by atoms with van der Waals surface area (Å²) < 4.78 is 12.7. The average Bonchev–Trinajstić information content (AvgIpc) is 1.99. The Kier molecular flexibility index (Phi) is 5.12. The van der Waals surface area contributed by atoms with Crippen molar-refractivity contribution in [1.29, 1.82) is 0 Å². The molecular weight excluding hydrogens is 149 g/mol. The van der Waals surface area contributed by atoms with Gasteiger partial charge in [0.2, 0.25) is 0 Å². The molecule has 0 amide bonds. The molecule has 0 fully saturated rings. The molecule has 0 aromatic carbocycles. The zero-order valence-electron chi connectivity index (χ0n) is 6.28. The van der Waals surface area contributed by atoms with Crippen LogP contribution in [0.4, 0.5) is 4.39 Å². The van der Waals surface area contributed by atoms with E-state index in [1.807, 2.05) is 6.92 Å². The highest BCUT2D eigenvalue weighted by Gasteiger charge is 1.98. The van der Waals surface area contributed by atoms with Gasteiger partial charge in [0.15, 0.2) is 5.83 Å². The lowest BCUT2D eigenvalue weighted by Crippen LogP contribution is -2.03. The Morgan fingerprint density at radius 3 is 2.70 bits per heavy atom. The second-order valence-electron chi connectivity index (χ2n) is 1.56. The Hall–Kier alpha value is -0.440. The SMILES string of the molecule is C=C/C(F)=C(/NC)SCC. The molecule has 0 unspecified atom stereocenters. The maximum absolute atomic E-state index is 12.7. The minimum absolute atomic E-state index is 0.283. The van der Waals surface area contributed by atoms with Crippen molar-refractivity contribution in [2.24, 2.45) is 0 Å². The van der Waals surface area contributed by atoms with Gasteiger partial charge in [0.25, 0.3) is 0 Å². The van der Waals surface area contributed by atoms with Crippen LogP contribution in [0.2, 0.25) is 0 Å². The molecule has 1 N–H and O–H groups in total. The lowest BCUT2D eigenvalue weighted by molar-refractivity contribution is 0.654. The molecule has 0 aliphatic rings. The second-order valence-corrected chi connectivity index (χ2v) is 2.84. The van der Waals surface area contributed by atoms with Crippen LogP contribution >= 0.6 is 11.8 Å². The Bertz CT molecular complexity index is 143. The summed E-state index contributed by atoms with van der Waals surface area (Å²) in [6.07, 6.45) is 1.20. The van der Waals surface area contributed by atoms with Crippen molar-refractivity contribution < 1.29 is 4.39 Å². The lowest BCUT2D eigenvalue weighted by Gasteiger charge is -2.03. The van der Waals surface area contributed by atoms with Gasteiger partial charge in [-0.2, -0.15) is 0 Å². The highest BCUT2D eigenvalue weighted by atomic mass is 32.2. The van der Waals surface area contributed by atoms with E-state index in [1.54, 1.807) is 7.05 Å². The van der Waals surface area contributed by atoms with Gasteiger partial charge in [-0.3, -0.25) is 0 Å². The molecule has 0 radical (unpaired) electrons. The molecule has 1 nitrogen and oxygen atoms in total. The van der Waals surface area contributed by atoms with Crippen LogP contribution < -0.4 is 5.32 Å². The normalized spacial score (nSPS) is 12.3. The summed E-state index contributed by atoms with van der Waals surface area (Å²) in [5.41, 5.74) is 0. The molecule has 58 valence electrons. The Morgan fingerprint density at radius 2 is 2.40 bits per heavy atom. The van der Waals surface area contributed by atoms with E-state index < -0.39 is 0 Å². The summed E-state index contributed by atoms with van der Waals surface area (Å²) in [4.78, 5) is 0. The molecule has 0 heterocycles. The molecule has 0 saturated carbocycles. The number of hydrogen-bond acceptors (Lipinski definition) is 2. The minimum atomic E-state index is -0.283. The van der Waals surface area contributed by atoms with Crippen molar-refractivity contribution in [3.05, 3.63) is 23.5 Å². The van der Waals surface area contributed by atoms with Gasteiger partial charge in [-0.05, 0) is 11.8 Å². The van der Waals surface area contributed by atoms with Gasteiger partial charge in [0, 0.05) is 7.05 Å². The van der Waals surface area contributed by atoms with Gasteiger partial charge >= 0.3 is 0 Å². The first-order chi connectivity index (χ1) is 4.76. The van der Waals surface area contributed by atoms with Crippen molar-refractivity contribution >= 4 is 11.8 Å². The summed E-state index contributed by atoms with van der Waals surface area (Å²) in [5, 5.41) is 3.30. The third-order valence-electron chi connectivity index (χ3n) is 0.912. The standard InChI is InChI=1S/C7H12FNS/c1-4-6(8)7(9-3)10-5-2/h4,9H,1,5H2,2-3H3/b7-6+. The maximum Gasteiger partial charge on any atom is 0.152 e. The van der Waals surface area contributed by atoms with Crippen molar-refractivity contribution in [3.63, 3.8) is 0 Å². The number of hydrogen-bond donors (Lipinski definition) is 1. The van der Waals surface area contributed by atoms with Crippen molar-refractivity contribution in [2.45, 2.75) is 6.92 Å². The molecule has 0 aromatic rings. The van der Waals surface area contributed by atoms with Gasteiger partial charge in [0.1, 0.15) is 5.03 Å². The monoisotopic (exact) mass is 161 g/mol. The van der Waals surface area contributed by atoms with Crippen LogP contribution in [0.3, 0.4) is 0 Å². The van der Waals surface area contributed by atoms with Crippen LogP contribution in [-0.2, 0) is 0 Å². The van der Waals surface area contributed by atoms with E-state index in [0.717, 1.165) is 5.75 Å². The topological polar surface area (TPSA) is 12.0 Å². The number of thioether (sulfide) groups is 1. The van der Waals surface area contributed by atoms with Gasteiger partial charge in [-0.25, -0.2) is 4.39 Å². The van der Waals surface area contributed by atoms with E-state index in [0.29, 0.717) is 5.03 Å². The first-order valence-electron chi connectivity index (χ1n) is 3.09. The van der Waals surface area contributed by atoms with Crippen molar-refractivity contribution in [1.82, 2.24) is 5.32 Å². The molecule has 0 rings (SSSR count). The van der Waals surface area contributed by atoms with Gasteiger partial charge in [-0.1, -0.05) is 13.5 Å². The summed E-state index contributed by atoms with van der Waals surface area (Å²) in [5.74, 6) is 0.576. The van der Waals surface area contributed by atoms with E-state index >= 15 is 0 Å². The molecule has 3 heteroatoms. The molecule has 0 saturated heterocycles. The zero-order valence-corrected chi connectivity index (χ0v) is 7.09. The molecule has 0 aliphatic carbocycles. The second kappa shape index (κ2) is 5.35. The van der Waals surface area contributed by atoms with Crippen LogP contribution in [0.25, 0.3) is 0 Å². The highest BCUT2D eigenvalue weighted by molar-refractivity contribution is 8.03. The largest absolute Gasteiger partial charge is 0.381 e. The first kappa shape index (κ1) is 9.56. The quantitative estimate of drug-likeness (QED) is 0.635. The zero-order chi connectivity index (χ0) is 7.98.